The van der Waals surface area contributed by atoms with Crippen molar-refractivity contribution in [3.8, 4) is 11.1 Å². The van der Waals surface area contributed by atoms with Crippen LogP contribution in [-0.4, -0.2) is 0 Å². The minimum atomic E-state index is 1.16. The Labute approximate surface area is 111 Å². The Morgan fingerprint density at radius 1 is 0.882 bits per heavy atom. The molecule has 2 aromatic carbocycles. The molecule has 1 aliphatic rings. The summed E-state index contributed by atoms with van der Waals surface area (Å²) in [5, 5.41) is 0. The van der Waals surface area contributed by atoms with E-state index in [0.29, 0.717) is 0 Å². The molecule has 0 heterocycles. The maximum atomic E-state index is 3.56. The van der Waals surface area contributed by atoms with Crippen molar-refractivity contribution >= 4 is 15.9 Å². The van der Waals surface area contributed by atoms with Gasteiger partial charge in [-0.25, -0.2) is 0 Å². The molecule has 0 bridgehead atoms. The van der Waals surface area contributed by atoms with Crippen LogP contribution in [-0.2, 0) is 12.8 Å². The SMILES string of the molecule is Brc1cccc(-c2cccc3c2CCCC3)c1. The lowest BCUT2D eigenvalue weighted by Crippen LogP contribution is -2.04. The van der Waals surface area contributed by atoms with Gasteiger partial charge in [0.1, 0.15) is 0 Å². The van der Waals surface area contributed by atoms with Gasteiger partial charge in [-0.2, -0.15) is 0 Å². The standard InChI is InChI=1S/C16H15Br/c17-14-8-3-7-13(11-14)16-10-4-6-12-5-1-2-9-15(12)16/h3-4,6-8,10-11H,1-2,5,9H2. The first-order chi connectivity index (χ1) is 8.34. The molecule has 2 aromatic rings. The maximum absolute atomic E-state index is 3.56. The summed E-state index contributed by atoms with van der Waals surface area (Å²) < 4.78 is 1.16. The summed E-state index contributed by atoms with van der Waals surface area (Å²) in [7, 11) is 0. The predicted octanol–water partition coefficient (Wildman–Crippen LogP) is 4.99. The molecule has 0 N–H and O–H groups in total. The Bertz CT molecular complexity index is 543. The molecule has 0 amide bonds. The van der Waals surface area contributed by atoms with E-state index in [1.165, 1.54) is 36.8 Å². The van der Waals surface area contributed by atoms with Crippen molar-refractivity contribution in [3.63, 3.8) is 0 Å². The lowest BCUT2D eigenvalue weighted by Gasteiger charge is -2.19. The van der Waals surface area contributed by atoms with E-state index in [1.807, 2.05) is 0 Å². The fraction of sp³-hybridized carbons (Fsp3) is 0.250. The molecule has 17 heavy (non-hydrogen) atoms. The fourth-order valence-corrected chi connectivity index (χ4v) is 3.11. The molecule has 0 aromatic heterocycles. The summed E-state index contributed by atoms with van der Waals surface area (Å²) in [4.78, 5) is 0. The smallest absolute Gasteiger partial charge is 0.0181 e. The number of benzene rings is 2. The molecule has 0 unspecified atom stereocenters. The van der Waals surface area contributed by atoms with Crippen molar-refractivity contribution in [2.75, 3.05) is 0 Å². The number of rotatable bonds is 1. The summed E-state index contributed by atoms with van der Waals surface area (Å²) in [5.74, 6) is 0. The van der Waals surface area contributed by atoms with Gasteiger partial charge in [-0.3, -0.25) is 0 Å². The Kier molecular flexibility index (Phi) is 3.02. The van der Waals surface area contributed by atoms with Crippen LogP contribution in [0.1, 0.15) is 24.0 Å². The second kappa shape index (κ2) is 4.66. The average molecular weight is 287 g/mol. The Morgan fingerprint density at radius 3 is 2.59 bits per heavy atom. The van der Waals surface area contributed by atoms with Crippen LogP contribution in [0, 0.1) is 0 Å². The Balaban J connectivity index is 2.14. The van der Waals surface area contributed by atoms with E-state index in [2.05, 4.69) is 58.4 Å². The van der Waals surface area contributed by atoms with Gasteiger partial charge in [0, 0.05) is 4.47 Å². The molecule has 0 nitrogen and oxygen atoms in total. The van der Waals surface area contributed by atoms with Gasteiger partial charge in [0.25, 0.3) is 0 Å². The molecular formula is C16H15Br. The van der Waals surface area contributed by atoms with Crippen molar-refractivity contribution < 1.29 is 0 Å². The van der Waals surface area contributed by atoms with E-state index < -0.39 is 0 Å². The number of hydrogen-bond acceptors (Lipinski definition) is 0. The van der Waals surface area contributed by atoms with Crippen LogP contribution >= 0.6 is 15.9 Å². The zero-order chi connectivity index (χ0) is 11.7. The van der Waals surface area contributed by atoms with Gasteiger partial charge in [0.15, 0.2) is 0 Å². The van der Waals surface area contributed by atoms with E-state index in [4.69, 9.17) is 0 Å². The topological polar surface area (TPSA) is 0 Å². The number of fused-ring (bicyclic) bond motifs is 1. The van der Waals surface area contributed by atoms with Crippen LogP contribution in [0.15, 0.2) is 46.9 Å². The second-order valence-electron chi connectivity index (χ2n) is 4.66. The van der Waals surface area contributed by atoms with Crippen LogP contribution < -0.4 is 0 Å². The van der Waals surface area contributed by atoms with Crippen LogP contribution in [0.3, 0.4) is 0 Å². The first-order valence-electron chi connectivity index (χ1n) is 6.21. The Hall–Kier alpha value is -1.08. The summed E-state index contributed by atoms with van der Waals surface area (Å²) >= 11 is 3.56. The molecular weight excluding hydrogens is 272 g/mol. The fourth-order valence-electron chi connectivity index (χ4n) is 2.71. The summed E-state index contributed by atoms with van der Waals surface area (Å²) in [6, 6.07) is 15.3. The predicted molar refractivity (Wildman–Crippen MR) is 76.2 cm³/mol. The van der Waals surface area contributed by atoms with E-state index in [1.54, 1.807) is 11.1 Å². The molecule has 86 valence electrons. The first kappa shape index (κ1) is 11.0. The van der Waals surface area contributed by atoms with E-state index >= 15 is 0 Å². The molecule has 0 radical (unpaired) electrons. The molecule has 0 atom stereocenters. The normalized spacial score (nSPS) is 14.4. The number of halogens is 1. The Morgan fingerprint density at radius 2 is 1.71 bits per heavy atom. The zero-order valence-corrected chi connectivity index (χ0v) is 11.3. The van der Waals surface area contributed by atoms with Crippen molar-refractivity contribution in [2.45, 2.75) is 25.7 Å². The van der Waals surface area contributed by atoms with E-state index in [9.17, 15) is 0 Å². The lowest BCUT2D eigenvalue weighted by molar-refractivity contribution is 0.687. The van der Waals surface area contributed by atoms with E-state index in [0.717, 1.165) is 4.47 Å². The average Bonchev–Trinajstić information content (AvgIpc) is 2.38. The molecule has 0 fully saturated rings. The number of hydrogen-bond donors (Lipinski definition) is 0. The van der Waals surface area contributed by atoms with Crippen molar-refractivity contribution in [2.24, 2.45) is 0 Å². The maximum Gasteiger partial charge on any atom is 0.0181 e. The van der Waals surface area contributed by atoms with Gasteiger partial charge in [-0.15, -0.1) is 0 Å². The highest BCUT2D eigenvalue weighted by atomic mass is 79.9. The molecule has 0 saturated heterocycles. The molecule has 0 saturated carbocycles. The minimum Gasteiger partial charge on any atom is -0.0614 e. The highest BCUT2D eigenvalue weighted by molar-refractivity contribution is 9.10. The molecule has 1 aliphatic carbocycles. The number of aryl methyl sites for hydroxylation is 1. The van der Waals surface area contributed by atoms with Gasteiger partial charge in [-0.1, -0.05) is 46.3 Å². The van der Waals surface area contributed by atoms with Gasteiger partial charge in [0.05, 0.1) is 0 Å². The first-order valence-corrected chi connectivity index (χ1v) is 7.00. The van der Waals surface area contributed by atoms with Crippen molar-refractivity contribution in [1.29, 1.82) is 0 Å². The van der Waals surface area contributed by atoms with Gasteiger partial charge in [-0.05, 0) is 60.1 Å². The van der Waals surface area contributed by atoms with Crippen LogP contribution in [0.5, 0.6) is 0 Å². The van der Waals surface area contributed by atoms with Gasteiger partial charge < -0.3 is 0 Å². The largest absolute Gasteiger partial charge is 0.0614 e. The third-order valence-corrected chi connectivity index (χ3v) is 4.02. The van der Waals surface area contributed by atoms with Crippen LogP contribution in [0.4, 0.5) is 0 Å². The second-order valence-corrected chi connectivity index (χ2v) is 5.58. The summed E-state index contributed by atoms with van der Waals surface area (Å²) in [5.41, 5.74) is 5.87. The van der Waals surface area contributed by atoms with Crippen LogP contribution in [0.2, 0.25) is 0 Å². The summed E-state index contributed by atoms with van der Waals surface area (Å²) in [6.45, 7) is 0. The van der Waals surface area contributed by atoms with Crippen molar-refractivity contribution in [3.05, 3.63) is 58.1 Å². The molecule has 1 heteroatoms. The molecule has 3 rings (SSSR count). The van der Waals surface area contributed by atoms with Crippen molar-refractivity contribution in [1.82, 2.24) is 0 Å². The minimum absolute atomic E-state index is 1.16. The van der Waals surface area contributed by atoms with Gasteiger partial charge >= 0.3 is 0 Å². The lowest BCUT2D eigenvalue weighted by atomic mass is 9.86. The third-order valence-electron chi connectivity index (χ3n) is 3.53. The molecule has 0 aliphatic heterocycles. The van der Waals surface area contributed by atoms with Gasteiger partial charge in [0.2, 0.25) is 0 Å². The summed E-state index contributed by atoms with van der Waals surface area (Å²) in [6.07, 6.45) is 5.15. The molecule has 0 spiro atoms. The highest BCUT2D eigenvalue weighted by Crippen LogP contribution is 2.32. The third kappa shape index (κ3) is 2.16. The van der Waals surface area contributed by atoms with E-state index in [-0.39, 0.29) is 0 Å². The zero-order valence-electron chi connectivity index (χ0n) is 9.75. The quantitative estimate of drug-likeness (QED) is 0.692. The monoisotopic (exact) mass is 286 g/mol. The highest BCUT2D eigenvalue weighted by Gasteiger charge is 2.13. The van der Waals surface area contributed by atoms with Crippen LogP contribution in [0.25, 0.3) is 11.1 Å².